The Morgan fingerprint density at radius 2 is 1.92 bits per heavy atom. The molecule has 0 atom stereocenters. The van der Waals surface area contributed by atoms with Crippen molar-refractivity contribution in [1.29, 1.82) is 0 Å². The van der Waals surface area contributed by atoms with E-state index in [1.807, 2.05) is 37.4 Å². The number of nitrogens with zero attached hydrogens (tertiary/aromatic N) is 1. The molecule has 198 valence electrons. The number of nitrogens with two attached hydrogens (primary N) is 1. The van der Waals surface area contributed by atoms with E-state index in [9.17, 15) is 0 Å². The number of aromatic nitrogens is 1. The second kappa shape index (κ2) is 12.1. The minimum absolute atomic E-state index is 0.137. The molecule has 0 amide bonds. The maximum Gasteiger partial charge on any atom is 0.136 e. The molecule has 6 heteroatoms. The van der Waals surface area contributed by atoms with Gasteiger partial charge in [0.1, 0.15) is 11.6 Å². The normalized spacial score (nSPS) is 12.3. The van der Waals surface area contributed by atoms with Gasteiger partial charge < -0.3 is 16.4 Å². The SMILES string of the molecule is C=C/C(=C\C(=C/C)c1ccc(N)c(CC(=C)Nc2nccc(-c3ccsc3)c2C)c1F)NC(=C)C(C)(C)C. The van der Waals surface area contributed by atoms with Crippen molar-refractivity contribution in [1.82, 2.24) is 10.3 Å². The Bertz CT molecular complexity index is 1410. The second-order valence-electron chi connectivity index (χ2n) is 10.1. The summed E-state index contributed by atoms with van der Waals surface area (Å²) in [6, 6.07) is 7.49. The van der Waals surface area contributed by atoms with E-state index >= 15 is 4.39 Å². The molecule has 2 heterocycles. The number of benzene rings is 1. The zero-order chi connectivity index (χ0) is 28.0. The van der Waals surface area contributed by atoms with E-state index in [-0.39, 0.29) is 17.7 Å². The number of pyridine rings is 1. The van der Waals surface area contributed by atoms with Crippen molar-refractivity contribution in [2.24, 2.45) is 5.41 Å². The highest BCUT2D eigenvalue weighted by atomic mass is 32.1. The summed E-state index contributed by atoms with van der Waals surface area (Å²) in [5, 5.41) is 10.7. The summed E-state index contributed by atoms with van der Waals surface area (Å²) in [5.41, 5.74) is 13.4. The molecule has 3 aromatic rings. The van der Waals surface area contributed by atoms with Gasteiger partial charge in [0.05, 0.1) is 0 Å². The molecule has 0 aliphatic rings. The fourth-order valence-electron chi connectivity index (χ4n) is 3.85. The molecule has 0 aliphatic carbocycles. The summed E-state index contributed by atoms with van der Waals surface area (Å²) in [7, 11) is 0. The van der Waals surface area contributed by atoms with E-state index in [1.54, 1.807) is 35.7 Å². The Balaban J connectivity index is 1.87. The van der Waals surface area contributed by atoms with Crippen LogP contribution in [0, 0.1) is 18.2 Å². The van der Waals surface area contributed by atoms with Crippen molar-refractivity contribution in [2.75, 3.05) is 11.1 Å². The molecule has 0 unspecified atom stereocenters. The van der Waals surface area contributed by atoms with Crippen molar-refractivity contribution >= 4 is 28.4 Å². The van der Waals surface area contributed by atoms with Crippen LogP contribution in [0.4, 0.5) is 15.9 Å². The van der Waals surface area contributed by atoms with Gasteiger partial charge >= 0.3 is 0 Å². The lowest BCUT2D eigenvalue weighted by Crippen LogP contribution is -2.22. The Morgan fingerprint density at radius 1 is 1.18 bits per heavy atom. The summed E-state index contributed by atoms with van der Waals surface area (Å²) in [6.07, 6.45) is 7.39. The Morgan fingerprint density at radius 3 is 2.53 bits per heavy atom. The number of hydrogen-bond acceptors (Lipinski definition) is 5. The number of halogens is 1. The molecular formula is C32H37FN4S. The predicted molar refractivity (Wildman–Crippen MR) is 163 cm³/mol. The molecule has 4 N–H and O–H groups in total. The van der Waals surface area contributed by atoms with Gasteiger partial charge in [-0.15, -0.1) is 0 Å². The van der Waals surface area contributed by atoms with E-state index < -0.39 is 0 Å². The molecule has 38 heavy (non-hydrogen) atoms. The van der Waals surface area contributed by atoms with Gasteiger partial charge in [-0.25, -0.2) is 9.37 Å². The van der Waals surface area contributed by atoms with Crippen LogP contribution in [-0.4, -0.2) is 4.98 Å². The third kappa shape index (κ3) is 6.69. The summed E-state index contributed by atoms with van der Waals surface area (Å²) < 4.78 is 15.9. The first-order chi connectivity index (χ1) is 18.0. The summed E-state index contributed by atoms with van der Waals surface area (Å²) in [4.78, 5) is 4.48. The molecule has 0 radical (unpaired) electrons. The van der Waals surface area contributed by atoms with Crippen LogP contribution >= 0.6 is 11.3 Å². The Labute approximate surface area is 230 Å². The largest absolute Gasteiger partial charge is 0.398 e. The molecule has 0 saturated carbocycles. The molecule has 1 aromatic carbocycles. The quantitative estimate of drug-likeness (QED) is 0.182. The van der Waals surface area contributed by atoms with Crippen LogP contribution in [0.2, 0.25) is 0 Å². The molecule has 0 spiro atoms. The second-order valence-corrected chi connectivity index (χ2v) is 10.9. The molecule has 0 bridgehead atoms. The van der Waals surface area contributed by atoms with E-state index in [4.69, 9.17) is 5.73 Å². The van der Waals surface area contributed by atoms with Crippen LogP contribution in [0.1, 0.15) is 44.4 Å². The molecule has 3 rings (SSSR count). The first kappa shape index (κ1) is 28.7. The maximum atomic E-state index is 15.9. The van der Waals surface area contributed by atoms with Gasteiger partial charge in [-0.1, -0.05) is 46.6 Å². The highest BCUT2D eigenvalue weighted by Crippen LogP contribution is 2.32. The lowest BCUT2D eigenvalue weighted by molar-refractivity contribution is 0.478. The Kier molecular flexibility index (Phi) is 9.13. The monoisotopic (exact) mass is 528 g/mol. The topological polar surface area (TPSA) is 63.0 Å². The number of nitrogens with one attached hydrogen (secondary N) is 2. The van der Waals surface area contributed by atoms with Crippen molar-refractivity contribution in [3.63, 3.8) is 0 Å². The first-order valence-corrected chi connectivity index (χ1v) is 13.4. The number of nitrogen functional groups attached to an aromatic ring is 1. The average molecular weight is 529 g/mol. The summed E-state index contributed by atoms with van der Waals surface area (Å²) in [5.74, 6) is 0.304. The van der Waals surface area contributed by atoms with Gasteiger partial charge in [0, 0.05) is 51.9 Å². The number of thiophene rings is 1. The van der Waals surface area contributed by atoms with Crippen molar-refractivity contribution < 1.29 is 4.39 Å². The molecule has 0 saturated heterocycles. The predicted octanol–water partition coefficient (Wildman–Crippen LogP) is 8.63. The van der Waals surface area contributed by atoms with Crippen molar-refractivity contribution in [3.8, 4) is 11.1 Å². The fourth-order valence-corrected chi connectivity index (χ4v) is 4.50. The molecular weight excluding hydrogens is 491 g/mol. The molecule has 4 nitrogen and oxygen atoms in total. The number of rotatable bonds is 10. The van der Waals surface area contributed by atoms with Crippen LogP contribution in [0.5, 0.6) is 0 Å². The zero-order valence-corrected chi connectivity index (χ0v) is 23.7. The number of hydrogen-bond donors (Lipinski definition) is 3. The van der Waals surface area contributed by atoms with Gasteiger partial charge in [0.2, 0.25) is 0 Å². The lowest BCUT2D eigenvalue weighted by atomic mass is 9.92. The molecule has 2 aromatic heterocycles. The minimum atomic E-state index is -0.382. The fraction of sp³-hybridized carbons (Fsp3) is 0.219. The maximum absolute atomic E-state index is 15.9. The van der Waals surface area contributed by atoms with Crippen LogP contribution in [0.3, 0.4) is 0 Å². The van der Waals surface area contributed by atoms with Crippen LogP contribution in [0.25, 0.3) is 16.7 Å². The minimum Gasteiger partial charge on any atom is -0.398 e. The van der Waals surface area contributed by atoms with Gasteiger partial charge in [-0.2, -0.15) is 11.3 Å². The zero-order valence-electron chi connectivity index (χ0n) is 22.9. The van der Waals surface area contributed by atoms with Crippen LogP contribution < -0.4 is 16.4 Å². The lowest BCUT2D eigenvalue weighted by Gasteiger charge is -2.24. The van der Waals surface area contributed by atoms with Gasteiger partial charge in [0.25, 0.3) is 0 Å². The third-order valence-electron chi connectivity index (χ3n) is 6.35. The van der Waals surface area contributed by atoms with Crippen molar-refractivity contribution in [3.05, 3.63) is 119 Å². The van der Waals surface area contributed by atoms with E-state index in [2.05, 4.69) is 67.6 Å². The average Bonchev–Trinajstić information content (AvgIpc) is 3.40. The smallest absolute Gasteiger partial charge is 0.136 e. The highest BCUT2D eigenvalue weighted by molar-refractivity contribution is 7.08. The van der Waals surface area contributed by atoms with Gasteiger partial charge in [-0.3, -0.25) is 0 Å². The summed E-state index contributed by atoms with van der Waals surface area (Å²) in [6.45, 7) is 22.3. The number of allylic oxidation sites excluding steroid dienone is 6. The highest BCUT2D eigenvalue weighted by Gasteiger charge is 2.18. The van der Waals surface area contributed by atoms with Gasteiger partial charge in [-0.05, 0) is 83.3 Å². The van der Waals surface area contributed by atoms with Crippen LogP contribution in [-0.2, 0) is 6.42 Å². The van der Waals surface area contributed by atoms with E-state index in [1.165, 1.54) is 0 Å². The van der Waals surface area contributed by atoms with Gasteiger partial charge in [0.15, 0.2) is 0 Å². The summed E-state index contributed by atoms with van der Waals surface area (Å²) >= 11 is 1.65. The van der Waals surface area contributed by atoms with E-state index in [0.29, 0.717) is 33.9 Å². The first-order valence-electron chi connectivity index (χ1n) is 12.4. The molecule has 0 fully saturated rings. The number of anilines is 2. The molecule has 0 aliphatic heterocycles. The standard InChI is InChI=1S/C32H37FN4S/c1-9-23(18-25(10-2)37-22(5)32(6,7)8)27-11-12-29(34)28(30(27)33)17-20(3)36-31-21(4)26(13-15-35-31)24-14-16-38-19-24/h9-16,18-19,37H,2-3,5,17,34H2,1,4,6-8H3,(H,35,36)/b23-9+,25-18+. The van der Waals surface area contributed by atoms with Crippen molar-refractivity contribution in [2.45, 2.75) is 41.0 Å². The van der Waals surface area contributed by atoms with Crippen LogP contribution in [0.15, 0.2) is 96.3 Å². The van der Waals surface area contributed by atoms with E-state index in [0.717, 1.165) is 28.1 Å². The third-order valence-corrected chi connectivity index (χ3v) is 7.04. The Hall–Kier alpha value is -3.90.